The van der Waals surface area contributed by atoms with Crippen LogP contribution in [0.1, 0.15) is 61.3 Å². The van der Waals surface area contributed by atoms with Crippen molar-refractivity contribution in [2.24, 2.45) is 0 Å². The maximum atomic E-state index is 11.8. The fourth-order valence-corrected chi connectivity index (χ4v) is 3.70. The Bertz CT molecular complexity index is 624. The summed E-state index contributed by atoms with van der Waals surface area (Å²) in [6.07, 6.45) is 1.92. The van der Waals surface area contributed by atoms with Gasteiger partial charge in [-0.15, -0.1) is 0 Å². The number of aryl methyl sites for hydroxylation is 1. The van der Waals surface area contributed by atoms with E-state index in [0.717, 1.165) is 17.7 Å². The van der Waals surface area contributed by atoms with E-state index < -0.39 is 0 Å². The van der Waals surface area contributed by atoms with Gasteiger partial charge in [0, 0.05) is 30.7 Å². The normalized spacial score (nSPS) is 21.3. The molecule has 1 aliphatic carbocycles. The molecule has 1 aromatic rings. The van der Waals surface area contributed by atoms with Crippen LogP contribution in [0, 0.1) is 13.8 Å². The highest BCUT2D eigenvalue weighted by Crippen LogP contribution is 2.46. The van der Waals surface area contributed by atoms with Gasteiger partial charge < -0.3 is 4.74 Å². The molecule has 0 radical (unpaired) electrons. The smallest absolute Gasteiger partial charge is 0.140 e. The summed E-state index contributed by atoms with van der Waals surface area (Å²) in [6.45, 7) is 8.33. The highest BCUT2D eigenvalue weighted by Gasteiger charge is 2.37. The van der Waals surface area contributed by atoms with Gasteiger partial charge in [0.2, 0.25) is 0 Å². The molecule has 2 aliphatic rings. The van der Waals surface area contributed by atoms with Gasteiger partial charge in [-0.25, -0.2) is 0 Å². The second kappa shape index (κ2) is 4.69. The number of hydrogen-bond acceptors (Lipinski definition) is 3. The first-order chi connectivity index (χ1) is 9.77. The van der Waals surface area contributed by atoms with Gasteiger partial charge in [0.1, 0.15) is 22.9 Å². The molecule has 0 aromatic heterocycles. The Morgan fingerprint density at radius 1 is 1.14 bits per heavy atom. The van der Waals surface area contributed by atoms with Crippen LogP contribution in [0.3, 0.4) is 0 Å². The largest absolute Gasteiger partial charge is 0.487 e. The van der Waals surface area contributed by atoms with E-state index in [9.17, 15) is 9.59 Å². The Kier molecular flexibility index (Phi) is 3.19. The lowest BCUT2D eigenvalue weighted by atomic mass is 9.79. The zero-order valence-corrected chi connectivity index (χ0v) is 13.2. The van der Waals surface area contributed by atoms with Crippen molar-refractivity contribution in [1.29, 1.82) is 0 Å². The highest BCUT2D eigenvalue weighted by molar-refractivity contribution is 6.02. The first-order valence-electron chi connectivity index (χ1n) is 7.62. The van der Waals surface area contributed by atoms with Crippen LogP contribution in [0.5, 0.6) is 5.75 Å². The van der Waals surface area contributed by atoms with E-state index in [1.165, 1.54) is 16.7 Å². The van der Waals surface area contributed by atoms with E-state index in [2.05, 4.69) is 33.8 Å². The highest BCUT2D eigenvalue weighted by atomic mass is 16.5. The van der Waals surface area contributed by atoms with Crippen molar-refractivity contribution in [2.45, 2.75) is 64.9 Å². The van der Waals surface area contributed by atoms with Crippen LogP contribution in [0.25, 0.3) is 0 Å². The molecule has 21 heavy (non-hydrogen) atoms. The van der Waals surface area contributed by atoms with E-state index in [-0.39, 0.29) is 29.5 Å². The van der Waals surface area contributed by atoms with Crippen molar-refractivity contribution in [3.05, 3.63) is 28.3 Å². The first-order valence-corrected chi connectivity index (χ1v) is 7.62. The van der Waals surface area contributed by atoms with Gasteiger partial charge in [-0.3, -0.25) is 9.59 Å². The predicted molar refractivity (Wildman–Crippen MR) is 80.9 cm³/mol. The van der Waals surface area contributed by atoms with Crippen molar-refractivity contribution in [3.63, 3.8) is 0 Å². The fourth-order valence-electron chi connectivity index (χ4n) is 3.70. The van der Waals surface area contributed by atoms with Gasteiger partial charge in [-0.2, -0.15) is 0 Å². The lowest BCUT2D eigenvalue weighted by Crippen LogP contribution is -2.26. The molecule has 3 rings (SSSR count). The summed E-state index contributed by atoms with van der Waals surface area (Å²) >= 11 is 0. The molecule has 3 heteroatoms. The van der Waals surface area contributed by atoms with Gasteiger partial charge in [-0.05, 0) is 44.4 Å². The Morgan fingerprint density at radius 3 is 2.38 bits per heavy atom. The quantitative estimate of drug-likeness (QED) is 0.743. The van der Waals surface area contributed by atoms with Crippen molar-refractivity contribution >= 4 is 11.6 Å². The summed E-state index contributed by atoms with van der Waals surface area (Å²) in [4.78, 5) is 23.6. The Hall–Kier alpha value is -1.64. The summed E-state index contributed by atoms with van der Waals surface area (Å²) < 4.78 is 6.16. The number of fused-ring (bicyclic) bond motifs is 1. The van der Waals surface area contributed by atoms with Gasteiger partial charge in [0.25, 0.3) is 0 Å². The van der Waals surface area contributed by atoms with Crippen LogP contribution in [0.2, 0.25) is 0 Å². The number of carbonyl (C=O) groups excluding carboxylic acids is 2. The monoisotopic (exact) mass is 286 g/mol. The molecule has 0 bridgehead atoms. The molecule has 1 fully saturated rings. The van der Waals surface area contributed by atoms with E-state index in [1.54, 1.807) is 0 Å². The number of benzene rings is 1. The van der Waals surface area contributed by atoms with Crippen LogP contribution in [0.4, 0.5) is 0 Å². The lowest BCUT2D eigenvalue weighted by molar-refractivity contribution is -0.130. The third kappa shape index (κ3) is 2.50. The maximum Gasteiger partial charge on any atom is 0.140 e. The van der Waals surface area contributed by atoms with Crippen LogP contribution < -0.4 is 4.74 Å². The summed E-state index contributed by atoms with van der Waals surface area (Å²) in [5.41, 5.74) is 4.48. The van der Waals surface area contributed by atoms with E-state index in [1.807, 2.05) is 0 Å². The van der Waals surface area contributed by atoms with Crippen molar-refractivity contribution in [1.82, 2.24) is 0 Å². The van der Waals surface area contributed by atoms with Crippen molar-refractivity contribution in [3.8, 4) is 5.75 Å². The molecule has 112 valence electrons. The minimum absolute atomic E-state index is 0.0127. The molecule has 1 heterocycles. The molecular formula is C18H22O3. The van der Waals surface area contributed by atoms with Crippen molar-refractivity contribution in [2.75, 3.05) is 0 Å². The molecule has 0 N–H and O–H groups in total. The molecule has 0 atom stereocenters. The molecule has 3 nitrogen and oxygen atoms in total. The van der Waals surface area contributed by atoms with Crippen LogP contribution in [-0.4, -0.2) is 17.2 Å². The number of hydrogen-bond donors (Lipinski definition) is 0. The predicted octanol–water partition coefficient (Wildman–Crippen LogP) is 3.42. The zero-order valence-electron chi connectivity index (χ0n) is 13.2. The van der Waals surface area contributed by atoms with E-state index in [4.69, 9.17) is 4.74 Å². The van der Waals surface area contributed by atoms with Crippen LogP contribution in [0.15, 0.2) is 6.07 Å². The number of carbonyl (C=O) groups is 2. The third-order valence-corrected chi connectivity index (χ3v) is 4.67. The average molecular weight is 286 g/mol. The Labute approximate surface area is 125 Å². The fraction of sp³-hybridized carbons (Fsp3) is 0.556. The maximum absolute atomic E-state index is 11.8. The minimum Gasteiger partial charge on any atom is -0.487 e. The van der Waals surface area contributed by atoms with Crippen molar-refractivity contribution < 1.29 is 14.3 Å². The second-order valence-corrected chi connectivity index (χ2v) is 7.12. The standard InChI is InChI=1S/C18H22O3/c1-10-5-13-9-18(3,4)21-17(13)16(11(10)2)12-6-14(19)8-15(20)7-12/h5,12H,6-9H2,1-4H3. The third-order valence-electron chi connectivity index (χ3n) is 4.67. The topological polar surface area (TPSA) is 43.4 Å². The summed E-state index contributed by atoms with van der Waals surface area (Å²) in [5, 5.41) is 0. The molecule has 0 amide bonds. The summed E-state index contributed by atoms with van der Waals surface area (Å²) in [6, 6.07) is 2.19. The number of ketones is 2. The summed E-state index contributed by atoms with van der Waals surface area (Å²) in [7, 11) is 0. The van der Waals surface area contributed by atoms with Gasteiger partial charge in [0.05, 0.1) is 6.42 Å². The zero-order chi connectivity index (χ0) is 15.4. The number of rotatable bonds is 1. The average Bonchev–Trinajstić information content (AvgIpc) is 2.63. The van der Waals surface area contributed by atoms with E-state index >= 15 is 0 Å². The minimum atomic E-state index is -0.208. The Morgan fingerprint density at radius 2 is 1.76 bits per heavy atom. The van der Waals surface area contributed by atoms with Gasteiger partial charge in [0.15, 0.2) is 0 Å². The lowest BCUT2D eigenvalue weighted by Gasteiger charge is -2.26. The summed E-state index contributed by atoms with van der Waals surface area (Å²) in [5.74, 6) is 1.03. The Balaban J connectivity index is 2.10. The van der Waals surface area contributed by atoms with Crippen LogP contribution in [-0.2, 0) is 16.0 Å². The molecule has 0 unspecified atom stereocenters. The first kappa shape index (κ1) is 14.3. The van der Waals surface area contributed by atoms with Crippen LogP contribution >= 0.6 is 0 Å². The molecule has 0 spiro atoms. The molecule has 1 saturated carbocycles. The van der Waals surface area contributed by atoms with E-state index in [0.29, 0.717) is 12.8 Å². The molecule has 1 aromatic carbocycles. The second-order valence-electron chi connectivity index (χ2n) is 7.12. The molecule has 0 saturated heterocycles. The van der Waals surface area contributed by atoms with Gasteiger partial charge in [-0.1, -0.05) is 6.07 Å². The number of Topliss-reactive ketones (excluding diaryl/α,β-unsaturated/α-hetero) is 2. The number of ether oxygens (including phenoxy) is 1. The molecular weight excluding hydrogens is 264 g/mol. The van der Waals surface area contributed by atoms with Gasteiger partial charge >= 0.3 is 0 Å². The molecule has 1 aliphatic heterocycles. The SMILES string of the molecule is Cc1cc2c(c(C3CC(=O)CC(=O)C3)c1C)OC(C)(C)C2.